The number of carbonyl (C=O) groups excluding carboxylic acids is 1. The van der Waals surface area contributed by atoms with Gasteiger partial charge in [-0.25, -0.2) is 14.6 Å². The molecule has 0 bridgehead atoms. The summed E-state index contributed by atoms with van der Waals surface area (Å²) in [5.74, 6) is 0.829. The fourth-order valence-electron chi connectivity index (χ4n) is 2.81. The molecule has 1 saturated carbocycles. The molecule has 138 valence electrons. The first kappa shape index (κ1) is 17.5. The van der Waals surface area contributed by atoms with Gasteiger partial charge in [0.05, 0.1) is 12.1 Å². The van der Waals surface area contributed by atoms with E-state index in [2.05, 4.69) is 30.8 Å². The van der Waals surface area contributed by atoms with Crippen LogP contribution < -0.4 is 5.32 Å². The van der Waals surface area contributed by atoms with Crippen molar-refractivity contribution in [1.82, 2.24) is 35.5 Å². The molecule has 1 N–H and O–H groups in total. The summed E-state index contributed by atoms with van der Waals surface area (Å²) in [6, 6.07) is 8.85. The van der Waals surface area contributed by atoms with Gasteiger partial charge in [-0.3, -0.25) is 4.79 Å². The second-order valence-electron chi connectivity index (χ2n) is 6.63. The molecular formula is C18H18ClN7O. The number of amides is 1. The Morgan fingerprint density at radius 2 is 2.00 bits per heavy atom. The molecule has 1 aliphatic carbocycles. The number of carbonyl (C=O) groups is 1. The minimum absolute atomic E-state index is 0.296. The van der Waals surface area contributed by atoms with E-state index in [0.29, 0.717) is 34.1 Å². The quantitative estimate of drug-likeness (QED) is 0.727. The van der Waals surface area contributed by atoms with Crippen LogP contribution in [0.5, 0.6) is 0 Å². The number of benzene rings is 1. The number of nitrogens with one attached hydrogen (secondary N) is 1. The van der Waals surface area contributed by atoms with E-state index in [1.54, 1.807) is 22.9 Å². The van der Waals surface area contributed by atoms with Gasteiger partial charge in [-0.1, -0.05) is 11.6 Å². The third-order valence-corrected chi connectivity index (χ3v) is 4.59. The fourth-order valence-corrected chi connectivity index (χ4v) is 2.94. The summed E-state index contributed by atoms with van der Waals surface area (Å²) >= 11 is 5.93. The van der Waals surface area contributed by atoms with Gasteiger partial charge in [0, 0.05) is 16.3 Å². The van der Waals surface area contributed by atoms with Gasteiger partial charge in [0.2, 0.25) is 0 Å². The zero-order chi connectivity index (χ0) is 19.0. The Kier molecular flexibility index (Phi) is 4.57. The first-order valence-corrected chi connectivity index (χ1v) is 9.09. The predicted octanol–water partition coefficient (Wildman–Crippen LogP) is 2.92. The lowest BCUT2D eigenvalue weighted by Crippen LogP contribution is -2.29. The zero-order valence-electron chi connectivity index (χ0n) is 14.9. The molecule has 1 fully saturated rings. The molecule has 9 heteroatoms. The van der Waals surface area contributed by atoms with Crippen LogP contribution in [0.15, 0.2) is 30.3 Å². The number of aromatic nitrogens is 6. The van der Waals surface area contributed by atoms with E-state index in [-0.39, 0.29) is 11.9 Å². The SMILES string of the molecule is Cc1cc(C(=O)NC(C)c2nnnn2C2CC2)nc(-c2ccc(Cl)cc2)n1. The summed E-state index contributed by atoms with van der Waals surface area (Å²) in [6.07, 6.45) is 2.13. The molecule has 0 saturated heterocycles. The maximum Gasteiger partial charge on any atom is 0.270 e. The summed E-state index contributed by atoms with van der Waals surface area (Å²) in [6.45, 7) is 3.69. The third kappa shape index (κ3) is 3.80. The Morgan fingerprint density at radius 1 is 1.26 bits per heavy atom. The van der Waals surface area contributed by atoms with E-state index < -0.39 is 0 Å². The van der Waals surface area contributed by atoms with E-state index in [1.807, 2.05) is 26.0 Å². The highest BCUT2D eigenvalue weighted by Crippen LogP contribution is 2.35. The Morgan fingerprint density at radius 3 is 2.70 bits per heavy atom. The minimum atomic E-state index is -0.331. The van der Waals surface area contributed by atoms with Crippen LogP contribution in [0.1, 0.15) is 53.9 Å². The van der Waals surface area contributed by atoms with Crippen molar-refractivity contribution in [3.63, 3.8) is 0 Å². The molecule has 8 nitrogen and oxygen atoms in total. The van der Waals surface area contributed by atoms with Crippen LogP contribution in [0.25, 0.3) is 11.4 Å². The van der Waals surface area contributed by atoms with E-state index >= 15 is 0 Å². The predicted molar refractivity (Wildman–Crippen MR) is 99.2 cm³/mol. The number of nitrogens with zero attached hydrogens (tertiary/aromatic N) is 6. The van der Waals surface area contributed by atoms with Gasteiger partial charge in [-0.15, -0.1) is 5.10 Å². The van der Waals surface area contributed by atoms with Crippen LogP contribution in [0.4, 0.5) is 0 Å². The van der Waals surface area contributed by atoms with Crippen LogP contribution >= 0.6 is 11.6 Å². The van der Waals surface area contributed by atoms with E-state index in [4.69, 9.17) is 11.6 Å². The molecule has 1 atom stereocenters. The highest BCUT2D eigenvalue weighted by molar-refractivity contribution is 6.30. The molecule has 1 aromatic carbocycles. The third-order valence-electron chi connectivity index (χ3n) is 4.34. The van der Waals surface area contributed by atoms with Gasteiger partial charge in [-0.05, 0) is 67.4 Å². The first-order chi connectivity index (χ1) is 13.0. The van der Waals surface area contributed by atoms with Crippen LogP contribution in [0.3, 0.4) is 0 Å². The smallest absolute Gasteiger partial charge is 0.270 e. The minimum Gasteiger partial charge on any atom is -0.341 e. The normalized spacial score (nSPS) is 14.8. The van der Waals surface area contributed by atoms with Gasteiger partial charge in [0.1, 0.15) is 5.69 Å². The second-order valence-corrected chi connectivity index (χ2v) is 7.07. The van der Waals surface area contributed by atoms with Gasteiger partial charge in [-0.2, -0.15) is 0 Å². The van der Waals surface area contributed by atoms with Gasteiger partial charge < -0.3 is 5.32 Å². The topological polar surface area (TPSA) is 98.5 Å². The van der Waals surface area contributed by atoms with Crippen LogP contribution in [-0.4, -0.2) is 36.1 Å². The average molecular weight is 384 g/mol. The van der Waals surface area contributed by atoms with Crippen molar-refractivity contribution in [2.75, 3.05) is 0 Å². The van der Waals surface area contributed by atoms with Crippen LogP contribution in [0.2, 0.25) is 5.02 Å². The number of rotatable bonds is 5. The Labute approximate surface area is 161 Å². The number of tetrazole rings is 1. The highest BCUT2D eigenvalue weighted by atomic mass is 35.5. The summed E-state index contributed by atoms with van der Waals surface area (Å²) in [5.41, 5.74) is 1.79. The Balaban J connectivity index is 1.56. The zero-order valence-corrected chi connectivity index (χ0v) is 15.7. The molecule has 2 heterocycles. The van der Waals surface area contributed by atoms with Gasteiger partial charge in [0.25, 0.3) is 5.91 Å². The maximum absolute atomic E-state index is 12.7. The van der Waals surface area contributed by atoms with E-state index in [9.17, 15) is 4.79 Å². The molecule has 0 spiro atoms. The molecule has 0 radical (unpaired) electrons. The average Bonchev–Trinajstić information content (AvgIpc) is 3.38. The van der Waals surface area contributed by atoms with Gasteiger partial charge in [0.15, 0.2) is 11.6 Å². The highest BCUT2D eigenvalue weighted by Gasteiger charge is 2.30. The largest absolute Gasteiger partial charge is 0.341 e. The first-order valence-electron chi connectivity index (χ1n) is 8.71. The van der Waals surface area contributed by atoms with Crippen LogP contribution in [-0.2, 0) is 0 Å². The summed E-state index contributed by atoms with van der Waals surface area (Å²) in [7, 11) is 0. The molecule has 1 aliphatic rings. The number of halogens is 1. The molecule has 0 aliphatic heterocycles. The molecule has 4 rings (SSSR count). The summed E-state index contributed by atoms with van der Waals surface area (Å²) in [4.78, 5) is 21.6. The van der Waals surface area contributed by atoms with Crippen molar-refractivity contribution in [3.8, 4) is 11.4 Å². The van der Waals surface area contributed by atoms with Crippen molar-refractivity contribution in [3.05, 3.63) is 52.6 Å². The summed E-state index contributed by atoms with van der Waals surface area (Å²) < 4.78 is 1.79. The lowest BCUT2D eigenvalue weighted by molar-refractivity contribution is 0.0932. The van der Waals surface area contributed by atoms with Crippen molar-refractivity contribution < 1.29 is 4.79 Å². The van der Waals surface area contributed by atoms with Crippen molar-refractivity contribution in [2.24, 2.45) is 0 Å². The van der Waals surface area contributed by atoms with E-state index in [0.717, 1.165) is 18.4 Å². The molecule has 1 amide bonds. The van der Waals surface area contributed by atoms with Crippen molar-refractivity contribution in [1.29, 1.82) is 0 Å². The molecule has 2 aromatic heterocycles. The molecule has 1 unspecified atom stereocenters. The monoisotopic (exact) mass is 383 g/mol. The number of hydrogen-bond donors (Lipinski definition) is 1. The van der Waals surface area contributed by atoms with Crippen molar-refractivity contribution >= 4 is 17.5 Å². The molecular weight excluding hydrogens is 366 g/mol. The lowest BCUT2D eigenvalue weighted by atomic mass is 10.2. The maximum atomic E-state index is 12.7. The fraction of sp³-hybridized carbons (Fsp3) is 0.333. The van der Waals surface area contributed by atoms with Gasteiger partial charge >= 0.3 is 0 Å². The van der Waals surface area contributed by atoms with Crippen LogP contribution in [0, 0.1) is 6.92 Å². The van der Waals surface area contributed by atoms with Crippen molar-refractivity contribution in [2.45, 2.75) is 38.8 Å². The summed E-state index contributed by atoms with van der Waals surface area (Å²) in [5, 5.41) is 15.4. The second kappa shape index (κ2) is 7.03. The molecule has 27 heavy (non-hydrogen) atoms. The Hall–Kier alpha value is -2.87. The lowest BCUT2D eigenvalue weighted by Gasteiger charge is -2.13. The number of aryl methyl sites for hydroxylation is 1. The van der Waals surface area contributed by atoms with E-state index in [1.165, 1.54) is 0 Å². The molecule has 3 aromatic rings. The Bertz CT molecular complexity index is 982. The number of hydrogen-bond acceptors (Lipinski definition) is 6. The standard InChI is InChI=1S/C18H18ClN7O/c1-10-9-15(22-16(20-10)12-3-5-13(19)6-4-12)18(27)21-11(2)17-23-24-25-26(17)14-7-8-14/h3-6,9,11,14H,7-8H2,1-2H3,(H,21,27).